The summed E-state index contributed by atoms with van der Waals surface area (Å²) in [6.45, 7) is 0. The number of carbonyl (C=O) groups is 2. The molecular formula is C25H26F4N6O2. The van der Waals surface area contributed by atoms with E-state index in [1.54, 1.807) is 13.2 Å². The molecule has 0 spiro atoms. The first kappa shape index (κ1) is 26.1. The van der Waals surface area contributed by atoms with E-state index in [9.17, 15) is 27.2 Å². The van der Waals surface area contributed by atoms with E-state index in [1.807, 2.05) is 0 Å². The second-order valence-corrected chi connectivity index (χ2v) is 9.05. The lowest BCUT2D eigenvalue weighted by Crippen LogP contribution is -2.44. The van der Waals surface area contributed by atoms with Crippen LogP contribution in [-0.4, -0.2) is 32.6 Å². The SMILES string of the molecule is Cn1cc(NC(=O)[C@H](CC2CCCC2)NC(=O)c2ccc(F)c(Nc3ccnc(C(F)(F)F)c3)c2)cn1. The highest BCUT2D eigenvalue weighted by Gasteiger charge is 2.32. The quantitative estimate of drug-likeness (QED) is 0.363. The van der Waals surface area contributed by atoms with Gasteiger partial charge in [-0.3, -0.25) is 19.3 Å². The molecule has 2 aromatic heterocycles. The highest BCUT2D eigenvalue weighted by atomic mass is 19.4. The van der Waals surface area contributed by atoms with Gasteiger partial charge >= 0.3 is 6.18 Å². The van der Waals surface area contributed by atoms with Gasteiger partial charge in [0.2, 0.25) is 5.91 Å². The number of hydrogen-bond donors (Lipinski definition) is 3. The molecule has 0 aliphatic heterocycles. The van der Waals surface area contributed by atoms with Gasteiger partial charge in [-0.2, -0.15) is 18.3 Å². The zero-order valence-corrected chi connectivity index (χ0v) is 20.0. The van der Waals surface area contributed by atoms with Crippen molar-refractivity contribution in [3.63, 3.8) is 0 Å². The Morgan fingerprint density at radius 3 is 2.57 bits per heavy atom. The second-order valence-electron chi connectivity index (χ2n) is 9.05. The first-order valence-corrected chi connectivity index (χ1v) is 11.8. The summed E-state index contributed by atoms with van der Waals surface area (Å²) in [6.07, 6.45) is 3.91. The lowest BCUT2D eigenvalue weighted by Gasteiger charge is -2.21. The minimum absolute atomic E-state index is 0.0413. The zero-order chi connectivity index (χ0) is 26.6. The van der Waals surface area contributed by atoms with E-state index in [1.165, 1.54) is 29.1 Å². The van der Waals surface area contributed by atoms with Crippen LogP contribution in [0.2, 0.25) is 0 Å². The molecule has 1 aliphatic rings. The molecule has 0 saturated heterocycles. The summed E-state index contributed by atoms with van der Waals surface area (Å²) in [6, 6.07) is 4.62. The summed E-state index contributed by atoms with van der Waals surface area (Å²) in [5.74, 6) is -1.49. The van der Waals surface area contributed by atoms with Crippen LogP contribution in [0, 0.1) is 11.7 Å². The Morgan fingerprint density at radius 1 is 1.14 bits per heavy atom. The molecule has 1 aliphatic carbocycles. The van der Waals surface area contributed by atoms with E-state index in [0.717, 1.165) is 44.0 Å². The van der Waals surface area contributed by atoms with Crippen molar-refractivity contribution in [3.05, 3.63) is 66.0 Å². The van der Waals surface area contributed by atoms with E-state index in [4.69, 9.17) is 0 Å². The summed E-state index contributed by atoms with van der Waals surface area (Å²) in [4.78, 5) is 29.4. The first-order chi connectivity index (χ1) is 17.6. The number of hydrogen-bond acceptors (Lipinski definition) is 5. The van der Waals surface area contributed by atoms with Gasteiger partial charge in [0, 0.05) is 30.7 Å². The van der Waals surface area contributed by atoms with Crippen LogP contribution in [-0.2, 0) is 18.0 Å². The molecule has 1 atom stereocenters. The molecule has 8 nitrogen and oxygen atoms in total. The van der Waals surface area contributed by atoms with Gasteiger partial charge in [-0.1, -0.05) is 25.7 Å². The number of carbonyl (C=O) groups excluding carboxylic acids is 2. The van der Waals surface area contributed by atoms with E-state index < -0.39 is 35.5 Å². The topological polar surface area (TPSA) is 101 Å². The van der Waals surface area contributed by atoms with Crippen molar-refractivity contribution in [2.75, 3.05) is 10.6 Å². The molecule has 4 rings (SSSR count). The predicted molar refractivity (Wildman–Crippen MR) is 129 cm³/mol. The zero-order valence-electron chi connectivity index (χ0n) is 20.0. The number of aromatic nitrogens is 3. The molecule has 1 fully saturated rings. The highest BCUT2D eigenvalue weighted by molar-refractivity contribution is 6.01. The van der Waals surface area contributed by atoms with Crippen LogP contribution >= 0.6 is 0 Å². The van der Waals surface area contributed by atoms with Crippen LogP contribution < -0.4 is 16.0 Å². The van der Waals surface area contributed by atoms with Gasteiger partial charge in [0.15, 0.2) is 0 Å². The van der Waals surface area contributed by atoms with Crippen molar-refractivity contribution in [2.45, 2.75) is 44.3 Å². The van der Waals surface area contributed by atoms with Crippen LogP contribution in [0.25, 0.3) is 0 Å². The largest absolute Gasteiger partial charge is 0.433 e. The first-order valence-electron chi connectivity index (χ1n) is 11.8. The van der Waals surface area contributed by atoms with Crippen molar-refractivity contribution >= 4 is 28.9 Å². The average molecular weight is 519 g/mol. The maximum Gasteiger partial charge on any atom is 0.433 e. The van der Waals surface area contributed by atoms with E-state index in [0.29, 0.717) is 12.1 Å². The van der Waals surface area contributed by atoms with Gasteiger partial charge < -0.3 is 16.0 Å². The van der Waals surface area contributed by atoms with Gasteiger partial charge in [0.05, 0.1) is 17.6 Å². The fraction of sp³-hybridized carbons (Fsp3) is 0.360. The van der Waals surface area contributed by atoms with Crippen LogP contribution in [0.5, 0.6) is 0 Å². The number of nitrogens with one attached hydrogen (secondary N) is 3. The molecule has 1 aromatic carbocycles. The van der Waals surface area contributed by atoms with Gasteiger partial charge in [-0.05, 0) is 42.7 Å². The number of rotatable bonds is 8. The standard InChI is InChI=1S/C25H26F4N6O2/c1-35-14-18(13-31-35)33-24(37)21(10-15-4-2-3-5-15)34-23(36)16-6-7-19(26)20(11-16)32-17-8-9-30-22(12-17)25(27,28)29/h6-9,11-15,21H,2-5,10H2,1H3,(H,30,32)(H,33,37)(H,34,36)/t21-/m0/s1. The molecule has 0 radical (unpaired) electrons. The van der Waals surface area contributed by atoms with Crippen LogP contribution in [0.3, 0.4) is 0 Å². The summed E-state index contributed by atoms with van der Waals surface area (Å²) in [7, 11) is 1.71. The number of anilines is 3. The molecule has 2 amide bonds. The van der Waals surface area contributed by atoms with Gasteiger partial charge in [-0.15, -0.1) is 0 Å². The van der Waals surface area contributed by atoms with Crippen molar-refractivity contribution in [3.8, 4) is 0 Å². The normalized spacial score (nSPS) is 14.8. The van der Waals surface area contributed by atoms with Crippen molar-refractivity contribution in [2.24, 2.45) is 13.0 Å². The maximum absolute atomic E-state index is 14.5. The van der Waals surface area contributed by atoms with Crippen LogP contribution in [0.15, 0.2) is 48.9 Å². The van der Waals surface area contributed by atoms with Crippen molar-refractivity contribution in [1.82, 2.24) is 20.1 Å². The van der Waals surface area contributed by atoms with E-state index >= 15 is 0 Å². The predicted octanol–water partition coefficient (Wildman–Crippen LogP) is 5.03. The third-order valence-corrected chi connectivity index (χ3v) is 6.20. The molecule has 3 N–H and O–H groups in total. The fourth-order valence-electron chi connectivity index (χ4n) is 4.35. The van der Waals surface area contributed by atoms with Crippen molar-refractivity contribution < 1.29 is 27.2 Å². The third kappa shape index (κ3) is 6.83. The molecule has 2 heterocycles. The number of alkyl halides is 3. The lowest BCUT2D eigenvalue weighted by atomic mass is 9.97. The Kier molecular flexibility index (Phi) is 7.74. The Labute approximate surface area is 210 Å². The minimum Gasteiger partial charge on any atom is -0.353 e. The molecule has 12 heteroatoms. The molecule has 3 aromatic rings. The monoisotopic (exact) mass is 518 g/mol. The smallest absolute Gasteiger partial charge is 0.353 e. The summed E-state index contributed by atoms with van der Waals surface area (Å²) >= 11 is 0. The highest BCUT2D eigenvalue weighted by Crippen LogP contribution is 2.31. The number of pyridine rings is 1. The van der Waals surface area contributed by atoms with Crippen molar-refractivity contribution in [1.29, 1.82) is 0 Å². The number of aryl methyl sites for hydroxylation is 1. The molecule has 0 unspecified atom stereocenters. The van der Waals surface area contributed by atoms with E-state index in [2.05, 4.69) is 26.0 Å². The second kappa shape index (κ2) is 11.0. The Morgan fingerprint density at radius 2 is 1.89 bits per heavy atom. The van der Waals surface area contributed by atoms with Crippen LogP contribution in [0.4, 0.5) is 34.6 Å². The Balaban J connectivity index is 1.51. The molecular weight excluding hydrogens is 492 g/mol. The Hall–Kier alpha value is -3.96. The minimum atomic E-state index is -4.66. The number of nitrogens with zero attached hydrogens (tertiary/aromatic N) is 3. The maximum atomic E-state index is 14.5. The number of benzene rings is 1. The Bertz CT molecular complexity index is 1270. The average Bonchev–Trinajstić information content (AvgIpc) is 3.51. The summed E-state index contributed by atoms with van der Waals surface area (Å²) in [5.41, 5.74) is -0.851. The van der Waals surface area contributed by atoms with Gasteiger partial charge in [0.1, 0.15) is 17.6 Å². The molecule has 1 saturated carbocycles. The van der Waals surface area contributed by atoms with Gasteiger partial charge in [0.25, 0.3) is 5.91 Å². The summed E-state index contributed by atoms with van der Waals surface area (Å²) in [5, 5.41) is 12.1. The number of halogens is 4. The molecule has 196 valence electrons. The number of amides is 2. The fourth-order valence-corrected chi connectivity index (χ4v) is 4.35. The molecule has 0 bridgehead atoms. The van der Waals surface area contributed by atoms with Crippen LogP contribution in [0.1, 0.15) is 48.2 Å². The van der Waals surface area contributed by atoms with Gasteiger partial charge in [-0.25, -0.2) is 4.39 Å². The van der Waals surface area contributed by atoms with E-state index in [-0.39, 0.29) is 22.9 Å². The summed E-state index contributed by atoms with van der Waals surface area (Å²) < 4.78 is 54.9. The molecule has 37 heavy (non-hydrogen) atoms. The third-order valence-electron chi connectivity index (χ3n) is 6.20. The lowest BCUT2D eigenvalue weighted by molar-refractivity contribution is -0.141.